The maximum absolute atomic E-state index is 12.2. The molecule has 0 aliphatic rings. The zero-order valence-electron chi connectivity index (χ0n) is 11.5. The van der Waals surface area contributed by atoms with Crippen molar-refractivity contribution in [2.75, 3.05) is 7.11 Å². The fourth-order valence-corrected chi connectivity index (χ4v) is 2.87. The molecular weight excluding hydrogens is 294 g/mol. The van der Waals surface area contributed by atoms with E-state index in [2.05, 4.69) is 10.6 Å². The van der Waals surface area contributed by atoms with Gasteiger partial charge in [-0.15, -0.1) is 6.42 Å². The van der Waals surface area contributed by atoms with Crippen LogP contribution in [0.25, 0.3) is 6.08 Å². The van der Waals surface area contributed by atoms with E-state index in [1.807, 2.05) is 0 Å². The van der Waals surface area contributed by atoms with Crippen LogP contribution in [0.15, 0.2) is 29.2 Å². The Balaban J connectivity index is 3.29. The molecule has 6 nitrogen and oxygen atoms in total. The van der Waals surface area contributed by atoms with Crippen LogP contribution in [0, 0.1) is 12.3 Å². The number of hydrogen-bond donors (Lipinski definition) is 2. The largest absolute Gasteiger partial charge is 0.495 e. The molecule has 112 valence electrons. The second kappa shape index (κ2) is 6.92. The number of carboxylic acids is 1. The van der Waals surface area contributed by atoms with E-state index in [0.717, 1.165) is 6.08 Å². The average Bonchev–Trinajstić information content (AvgIpc) is 2.44. The number of hydrogen-bond acceptors (Lipinski definition) is 4. The van der Waals surface area contributed by atoms with E-state index in [9.17, 15) is 13.2 Å². The number of nitrogens with one attached hydrogen (secondary N) is 1. The number of rotatable bonds is 6. The summed E-state index contributed by atoms with van der Waals surface area (Å²) in [6, 6.07) is 3.61. The lowest BCUT2D eigenvalue weighted by molar-refractivity contribution is -0.131. The van der Waals surface area contributed by atoms with Gasteiger partial charge in [-0.2, -0.15) is 4.72 Å². The van der Waals surface area contributed by atoms with Crippen LogP contribution < -0.4 is 9.46 Å². The lowest BCUT2D eigenvalue weighted by Crippen LogP contribution is -2.31. The molecule has 0 amide bonds. The summed E-state index contributed by atoms with van der Waals surface area (Å²) in [4.78, 5) is 10.4. The summed E-state index contributed by atoms with van der Waals surface area (Å²) in [6.45, 7) is 1.53. The van der Waals surface area contributed by atoms with Gasteiger partial charge in [0.1, 0.15) is 10.6 Å². The molecule has 0 saturated heterocycles. The van der Waals surface area contributed by atoms with Crippen LogP contribution in [0.4, 0.5) is 0 Å². The number of carbonyl (C=O) groups is 1. The minimum Gasteiger partial charge on any atom is -0.495 e. The third-order valence-corrected chi connectivity index (χ3v) is 4.04. The number of sulfonamides is 1. The van der Waals surface area contributed by atoms with Crippen molar-refractivity contribution in [2.45, 2.75) is 17.9 Å². The van der Waals surface area contributed by atoms with Gasteiger partial charge in [-0.3, -0.25) is 0 Å². The zero-order valence-corrected chi connectivity index (χ0v) is 12.3. The molecule has 1 unspecified atom stereocenters. The van der Waals surface area contributed by atoms with Gasteiger partial charge in [0.25, 0.3) is 0 Å². The van der Waals surface area contributed by atoms with Gasteiger partial charge >= 0.3 is 5.97 Å². The number of methoxy groups -OCH3 is 1. The number of benzene rings is 1. The molecule has 1 aromatic rings. The van der Waals surface area contributed by atoms with Crippen molar-refractivity contribution in [3.8, 4) is 18.1 Å². The first kappa shape index (κ1) is 16.8. The molecule has 0 spiro atoms. The molecule has 0 radical (unpaired) electrons. The average molecular weight is 309 g/mol. The van der Waals surface area contributed by atoms with Crippen molar-refractivity contribution in [3.63, 3.8) is 0 Å². The van der Waals surface area contributed by atoms with Gasteiger partial charge in [-0.25, -0.2) is 13.2 Å². The Morgan fingerprint density at radius 3 is 2.71 bits per heavy atom. The maximum Gasteiger partial charge on any atom is 0.328 e. The predicted molar refractivity (Wildman–Crippen MR) is 78.3 cm³/mol. The Hall–Kier alpha value is -2.30. The zero-order chi connectivity index (χ0) is 16.0. The monoisotopic (exact) mass is 309 g/mol. The fourth-order valence-electron chi connectivity index (χ4n) is 1.50. The molecule has 0 saturated carbocycles. The maximum atomic E-state index is 12.2. The van der Waals surface area contributed by atoms with Crippen molar-refractivity contribution in [1.29, 1.82) is 0 Å². The number of terminal acetylenes is 1. The SMILES string of the molecule is C#CC(C)NS(=O)(=O)c1cc(/C=C/C(=O)O)ccc1OC. The van der Waals surface area contributed by atoms with Gasteiger partial charge in [0, 0.05) is 6.08 Å². The first-order valence-electron chi connectivity index (χ1n) is 5.87. The summed E-state index contributed by atoms with van der Waals surface area (Å²) < 4.78 is 31.8. The summed E-state index contributed by atoms with van der Waals surface area (Å²) >= 11 is 0. The van der Waals surface area contributed by atoms with Crippen LogP contribution in [0.3, 0.4) is 0 Å². The van der Waals surface area contributed by atoms with Gasteiger partial charge in [0.15, 0.2) is 0 Å². The predicted octanol–water partition coefficient (Wildman–Crippen LogP) is 1.09. The van der Waals surface area contributed by atoms with Gasteiger partial charge in [0.2, 0.25) is 10.0 Å². The lowest BCUT2D eigenvalue weighted by atomic mass is 10.2. The van der Waals surface area contributed by atoms with E-state index in [1.165, 1.54) is 32.2 Å². The Morgan fingerprint density at radius 1 is 1.52 bits per heavy atom. The smallest absolute Gasteiger partial charge is 0.328 e. The van der Waals surface area contributed by atoms with Crippen molar-refractivity contribution >= 4 is 22.1 Å². The minimum absolute atomic E-state index is 0.111. The molecule has 21 heavy (non-hydrogen) atoms. The molecule has 1 aromatic carbocycles. The number of carboxylic acid groups (broad SMARTS) is 1. The van der Waals surface area contributed by atoms with Gasteiger partial charge in [0.05, 0.1) is 13.2 Å². The lowest BCUT2D eigenvalue weighted by Gasteiger charge is -2.13. The van der Waals surface area contributed by atoms with E-state index in [-0.39, 0.29) is 10.6 Å². The summed E-state index contributed by atoms with van der Waals surface area (Å²) in [5.74, 6) is 1.27. The second-order valence-electron chi connectivity index (χ2n) is 4.09. The molecule has 0 aromatic heterocycles. The Kier molecular flexibility index (Phi) is 5.52. The second-order valence-corrected chi connectivity index (χ2v) is 5.77. The molecule has 0 aliphatic carbocycles. The van der Waals surface area contributed by atoms with Crippen LogP contribution in [-0.2, 0) is 14.8 Å². The Morgan fingerprint density at radius 2 is 2.19 bits per heavy atom. The number of ether oxygens (including phenoxy) is 1. The van der Waals surface area contributed by atoms with Gasteiger partial charge in [-0.1, -0.05) is 12.0 Å². The summed E-state index contributed by atoms with van der Waals surface area (Å²) in [5.41, 5.74) is 0.409. The van der Waals surface area contributed by atoms with Gasteiger partial charge in [-0.05, 0) is 30.7 Å². The first-order valence-corrected chi connectivity index (χ1v) is 7.36. The fraction of sp³-hybridized carbons (Fsp3) is 0.214. The molecule has 1 atom stereocenters. The van der Waals surface area contributed by atoms with Crippen molar-refractivity contribution in [2.24, 2.45) is 0 Å². The van der Waals surface area contributed by atoms with Crippen molar-refractivity contribution in [3.05, 3.63) is 29.8 Å². The van der Waals surface area contributed by atoms with Crippen LogP contribution in [0.1, 0.15) is 12.5 Å². The highest BCUT2D eigenvalue weighted by Gasteiger charge is 2.21. The normalized spacial score (nSPS) is 12.8. The third-order valence-electron chi connectivity index (χ3n) is 2.48. The van der Waals surface area contributed by atoms with Gasteiger partial charge < -0.3 is 9.84 Å². The molecule has 0 bridgehead atoms. The molecule has 2 N–H and O–H groups in total. The van der Waals surface area contributed by atoms with E-state index < -0.39 is 22.0 Å². The van der Waals surface area contributed by atoms with Crippen LogP contribution in [0.5, 0.6) is 5.75 Å². The summed E-state index contributed by atoms with van der Waals surface area (Å²) in [7, 11) is -2.54. The highest BCUT2D eigenvalue weighted by Crippen LogP contribution is 2.25. The summed E-state index contributed by atoms with van der Waals surface area (Å²) in [5, 5.41) is 8.59. The Bertz CT molecular complexity index is 701. The van der Waals surface area contributed by atoms with Crippen molar-refractivity contribution < 1.29 is 23.1 Å². The van der Waals surface area contributed by atoms with Crippen molar-refractivity contribution in [1.82, 2.24) is 4.72 Å². The minimum atomic E-state index is -3.87. The molecule has 0 heterocycles. The van der Waals surface area contributed by atoms with E-state index in [4.69, 9.17) is 16.3 Å². The third kappa shape index (κ3) is 4.63. The topological polar surface area (TPSA) is 92.7 Å². The highest BCUT2D eigenvalue weighted by molar-refractivity contribution is 7.89. The van der Waals surface area contributed by atoms with E-state index in [0.29, 0.717) is 5.56 Å². The molecule has 7 heteroatoms. The van der Waals surface area contributed by atoms with Crippen LogP contribution >= 0.6 is 0 Å². The molecule has 1 rings (SSSR count). The summed E-state index contributed by atoms with van der Waals surface area (Å²) in [6.07, 6.45) is 7.35. The van der Waals surface area contributed by atoms with Crippen LogP contribution in [0.2, 0.25) is 0 Å². The van der Waals surface area contributed by atoms with E-state index in [1.54, 1.807) is 6.07 Å². The van der Waals surface area contributed by atoms with Crippen LogP contribution in [-0.4, -0.2) is 32.6 Å². The van der Waals surface area contributed by atoms with E-state index >= 15 is 0 Å². The molecular formula is C14H15NO5S. The highest BCUT2D eigenvalue weighted by atomic mass is 32.2. The molecule has 0 fully saturated rings. The Labute approximate surface area is 123 Å². The standard InChI is InChI=1S/C14H15NO5S/c1-4-10(2)15-21(18,19)13-9-11(6-8-14(16)17)5-7-12(13)20-3/h1,5-10,15H,2-3H3,(H,16,17)/b8-6+. The molecule has 0 aliphatic heterocycles. The quantitative estimate of drug-likeness (QED) is 0.606. The number of aliphatic carboxylic acids is 1. The first-order chi connectivity index (χ1) is 9.80.